The molecule has 0 fully saturated rings. The highest BCUT2D eigenvalue weighted by Gasteiger charge is 2.21. The van der Waals surface area contributed by atoms with E-state index in [0.717, 1.165) is 13.1 Å². The van der Waals surface area contributed by atoms with Crippen molar-refractivity contribution in [3.63, 3.8) is 0 Å². The average molecular weight is 306 g/mol. The maximum atomic E-state index is 13.6. The zero-order valence-corrected chi connectivity index (χ0v) is 13.0. The van der Waals surface area contributed by atoms with Crippen LogP contribution < -0.4 is 5.32 Å². The van der Waals surface area contributed by atoms with E-state index < -0.39 is 5.82 Å². The number of nitrogens with one attached hydrogen (secondary N) is 1. The molecule has 0 saturated carbocycles. The number of benzene rings is 1. The Morgan fingerprint density at radius 1 is 1.33 bits per heavy atom. The summed E-state index contributed by atoms with van der Waals surface area (Å²) in [7, 11) is 0. The highest BCUT2D eigenvalue weighted by Crippen LogP contribution is 2.16. The van der Waals surface area contributed by atoms with E-state index in [2.05, 4.69) is 16.3 Å². The molecule has 1 N–H and O–H groups in total. The van der Waals surface area contributed by atoms with Gasteiger partial charge < -0.3 is 5.32 Å². The third-order valence-corrected chi connectivity index (χ3v) is 4.27. The van der Waals surface area contributed by atoms with Crippen LogP contribution >= 0.6 is 11.3 Å². The number of halogens is 1. The minimum absolute atomic E-state index is 0.196. The number of amides is 1. The number of thiophene rings is 1. The normalized spacial score (nSPS) is 12.4. The fourth-order valence-electron chi connectivity index (χ4n) is 2.09. The van der Waals surface area contributed by atoms with Gasteiger partial charge in [0.05, 0.1) is 11.7 Å². The molecule has 3 nitrogen and oxygen atoms in total. The molecule has 0 spiro atoms. The van der Waals surface area contributed by atoms with Crippen molar-refractivity contribution < 1.29 is 9.18 Å². The molecule has 0 aliphatic heterocycles. The van der Waals surface area contributed by atoms with Crippen molar-refractivity contribution in [1.82, 2.24) is 4.90 Å². The molecule has 2 aromatic rings. The van der Waals surface area contributed by atoms with Gasteiger partial charge in [-0.3, -0.25) is 9.69 Å². The van der Waals surface area contributed by atoms with Gasteiger partial charge in [-0.1, -0.05) is 25.1 Å². The smallest absolute Gasteiger partial charge is 0.241 e. The highest BCUT2D eigenvalue weighted by atomic mass is 32.1. The summed E-state index contributed by atoms with van der Waals surface area (Å²) in [5, 5.41) is 4.67. The molecule has 5 heteroatoms. The molecule has 1 aromatic heterocycles. The highest BCUT2D eigenvalue weighted by molar-refractivity contribution is 7.09. The summed E-state index contributed by atoms with van der Waals surface area (Å²) in [4.78, 5) is 15.5. The minimum atomic E-state index is -0.417. The molecule has 1 aromatic carbocycles. The van der Waals surface area contributed by atoms with E-state index in [1.165, 1.54) is 10.9 Å². The van der Waals surface area contributed by atoms with Gasteiger partial charge in [-0.2, -0.15) is 0 Å². The van der Waals surface area contributed by atoms with Gasteiger partial charge in [0.1, 0.15) is 5.82 Å². The molecule has 1 amide bonds. The topological polar surface area (TPSA) is 32.3 Å². The Morgan fingerprint density at radius 3 is 2.71 bits per heavy atom. The number of carbonyl (C=O) groups excluding carboxylic acids is 1. The molecule has 1 heterocycles. The number of anilines is 1. The number of para-hydroxylation sites is 1. The van der Waals surface area contributed by atoms with Crippen LogP contribution in [0.5, 0.6) is 0 Å². The quantitative estimate of drug-likeness (QED) is 0.882. The summed E-state index contributed by atoms with van der Waals surface area (Å²) in [6, 6.07) is 9.93. The Kier molecular flexibility index (Phi) is 5.47. The summed E-state index contributed by atoms with van der Waals surface area (Å²) < 4.78 is 13.6. The van der Waals surface area contributed by atoms with Crippen molar-refractivity contribution in [2.75, 3.05) is 11.9 Å². The SMILES string of the molecule is CCN(Cc1cccs1)[C@H](C)C(=O)Nc1ccccc1F. The van der Waals surface area contributed by atoms with E-state index in [1.807, 2.05) is 25.3 Å². The first-order chi connectivity index (χ1) is 10.1. The standard InChI is InChI=1S/C16H19FN2OS/c1-3-19(11-13-7-6-10-21-13)12(2)16(20)18-15-9-5-4-8-14(15)17/h4-10,12H,3,11H2,1-2H3,(H,18,20)/t12-/m1/s1. The lowest BCUT2D eigenvalue weighted by Crippen LogP contribution is -2.41. The largest absolute Gasteiger partial charge is 0.322 e. The maximum Gasteiger partial charge on any atom is 0.241 e. The van der Waals surface area contributed by atoms with E-state index in [9.17, 15) is 9.18 Å². The number of hydrogen-bond acceptors (Lipinski definition) is 3. The maximum absolute atomic E-state index is 13.6. The van der Waals surface area contributed by atoms with E-state index in [-0.39, 0.29) is 17.6 Å². The van der Waals surface area contributed by atoms with Gasteiger partial charge in [0, 0.05) is 11.4 Å². The van der Waals surface area contributed by atoms with E-state index in [1.54, 1.807) is 29.5 Å². The fraction of sp³-hybridized carbons (Fsp3) is 0.312. The first kappa shape index (κ1) is 15.7. The van der Waals surface area contributed by atoms with Gasteiger partial charge in [-0.25, -0.2) is 4.39 Å². The van der Waals surface area contributed by atoms with Gasteiger partial charge in [0.15, 0.2) is 0 Å². The van der Waals surface area contributed by atoms with Crippen LogP contribution in [0.1, 0.15) is 18.7 Å². The Balaban J connectivity index is 2.01. The Labute approximate surface area is 128 Å². The molecular weight excluding hydrogens is 287 g/mol. The molecule has 0 aliphatic rings. The summed E-state index contributed by atoms with van der Waals surface area (Å²) in [5.74, 6) is -0.613. The first-order valence-corrected chi connectivity index (χ1v) is 7.81. The molecule has 0 unspecified atom stereocenters. The number of nitrogens with zero attached hydrogens (tertiary/aromatic N) is 1. The zero-order valence-electron chi connectivity index (χ0n) is 12.2. The minimum Gasteiger partial charge on any atom is -0.322 e. The van der Waals surface area contributed by atoms with Crippen LogP contribution in [-0.2, 0) is 11.3 Å². The van der Waals surface area contributed by atoms with Crippen LogP contribution in [0, 0.1) is 5.82 Å². The average Bonchev–Trinajstić information content (AvgIpc) is 2.99. The number of hydrogen-bond donors (Lipinski definition) is 1. The molecule has 2 rings (SSSR count). The molecule has 0 aliphatic carbocycles. The van der Waals surface area contributed by atoms with Crippen LogP contribution in [0.25, 0.3) is 0 Å². The van der Waals surface area contributed by atoms with Crippen molar-refractivity contribution >= 4 is 22.9 Å². The van der Waals surface area contributed by atoms with E-state index in [0.29, 0.717) is 0 Å². The second-order valence-corrected chi connectivity index (χ2v) is 5.82. The van der Waals surface area contributed by atoms with Crippen molar-refractivity contribution in [2.45, 2.75) is 26.4 Å². The molecule has 0 saturated heterocycles. The van der Waals surface area contributed by atoms with Gasteiger partial charge >= 0.3 is 0 Å². The van der Waals surface area contributed by atoms with Crippen molar-refractivity contribution in [2.24, 2.45) is 0 Å². The zero-order chi connectivity index (χ0) is 15.2. The summed E-state index contributed by atoms with van der Waals surface area (Å²) in [5.41, 5.74) is 0.224. The molecule has 0 radical (unpaired) electrons. The second-order valence-electron chi connectivity index (χ2n) is 4.79. The molecule has 1 atom stereocenters. The predicted octanol–water partition coefficient (Wildman–Crippen LogP) is 3.74. The van der Waals surface area contributed by atoms with Crippen LogP contribution in [0.2, 0.25) is 0 Å². The summed E-state index contributed by atoms with van der Waals surface area (Å²) in [6.07, 6.45) is 0. The third kappa shape index (κ3) is 4.12. The van der Waals surface area contributed by atoms with Crippen molar-refractivity contribution in [1.29, 1.82) is 0 Å². The monoisotopic (exact) mass is 306 g/mol. The molecule has 112 valence electrons. The predicted molar refractivity (Wildman–Crippen MR) is 84.9 cm³/mol. The van der Waals surface area contributed by atoms with Crippen LogP contribution in [0.15, 0.2) is 41.8 Å². The van der Waals surface area contributed by atoms with E-state index >= 15 is 0 Å². The fourth-order valence-corrected chi connectivity index (χ4v) is 2.82. The molecule has 21 heavy (non-hydrogen) atoms. The number of rotatable bonds is 6. The summed E-state index contributed by atoms with van der Waals surface area (Å²) >= 11 is 1.67. The lowest BCUT2D eigenvalue weighted by Gasteiger charge is -2.26. The van der Waals surface area contributed by atoms with Gasteiger partial charge in [0.25, 0.3) is 0 Å². The van der Waals surface area contributed by atoms with Crippen LogP contribution in [0.3, 0.4) is 0 Å². The van der Waals surface area contributed by atoms with Gasteiger partial charge in [0.2, 0.25) is 5.91 Å². The van der Waals surface area contributed by atoms with Crippen molar-refractivity contribution in [3.8, 4) is 0 Å². The Hall–Kier alpha value is -1.72. The van der Waals surface area contributed by atoms with E-state index in [4.69, 9.17) is 0 Å². The lowest BCUT2D eigenvalue weighted by molar-refractivity contribution is -0.120. The van der Waals surface area contributed by atoms with Gasteiger partial charge in [-0.15, -0.1) is 11.3 Å². The van der Waals surface area contributed by atoms with Crippen molar-refractivity contribution in [3.05, 3.63) is 52.5 Å². The van der Waals surface area contributed by atoms with Crippen LogP contribution in [0.4, 0.5) is 10.1 Å². The molecule has 0 bridgehead atoms. The first-order valence-electron chi connectivity index (χ1n) is 6.93. The summed E-state index contributed by atoms with van der Waals surface area (Å²) in [6.45, 7) is 5.33. The third-order valence-electron chi connectivity index (χ3n) is 3.40. The second kappa shape index (κ2) is 7.33. The molecular formula is C16H19FN2OS. The Morgan fingerprint density at radius 2 is 2.10 bits per heavy atom. The van der Waals surface area contributed by atoms with Gasteiger partial charge in [-0.05, 0) is 37.0 Å². The number of carbonyl (C=O) groups is 1. The lowest BCUT2D eigenvalue weighted by atomic mass is 10.2. The Bertz CT molecular complexity index is 586. The number of likely N-dealkylation sites (N-methyl/N-ethyl adjacent to an activating group) is 1. The van der Waals surface area contributed by atoms with Crippen LogP contribution in [-0.4, -0.2) is 23.4 Å².